The van der Waals surface area contributed by atoms with Crippen molar-refractivity contribution in [1.82, 2.24) is 14.5 Å². The molecule has 0 bridgehead atoms. The zero-order valence-electron chi connectivity index (χ0n) is 11.5. The molecule has 2 aromatic heterocycles. The van der Waals surface area contributed by atoms with Crippen LogP contribution in [0.5, 0.6) is 0 Å². The van der Waals surface area contributed by atoms with E-state index in [2.05, 4.69) is 27.6 Å². The van der Waals surface area contributed by atoms with E-state index in [0.717, 1.165) is 24.7 Å². The summed E-state index contributed by atoms with van der Waals surface area (Å²) in [4.78, 5) is 6.96. The minimum absolute atomic E-state index is 0.397. The molecule has 3 heterocycles. The number of imidazole rings is 1. The molecule has 1 saturated heterocycles. The van der Waals surface area contributed by atoms with Crippen molar-refractivity contribution >= 4 is 0 Å². The van der Waals surface area contributed by atoms with Crippen LogP contribution in [-0.2, 0) is 13.6 Å². The number of aromatic nitrogens is 2. The zero-order valence-corrected chi connectivity index (χ0v) is 11.5. The van der Waals surface area contributed by atoms with Crippen LogP contribution in [0.2, 0.25) is 0 Å². The van der Waals surface area contributed by atoms with Gasteiger partial charge in [0.1, 0.15) is 11.6 Å². The molecule has 4 heteroatoms. The predicted molar refractivity (Wildman–Crippen MR) is 73.5 cm³/mol. The van der Waals surface area contributed by atoms with Crippen LogP contribution in [0.15, 0.2) is 35.2 Å². The minimum Gasteiger partial charge on any atom is -0.468 e. The average molecular weight is 259 g/mol. The first-order chi connectivity index (χ1) is 9.34. The van der Waals surface area contributed by atoms with Crippen LogP contribution in [0.1, 0.15) is 43.3 Å². The van der Waals surface area contributed by atoms with Gasteiger partial charge in [0.15, 0.2) is 0 Å². The maximum Gasteiger partial charge on any atom is 0.122 e. The van der Waals surface area contributed by atoms with E-state index in [1.807, 2.05) is 18.5 Å². The molecule has 1 aliphatic rings. The lowest BCUT2D eigenvalue weighted by Crippen LogP contribution is -2.29. The second kappa shape index (κ2) is 5.61. The maximum absolute atomic E-state index is 5.64. The summed E-state index contributed by atoms with van der Waals surface area (Å²) in [5.74, 6) is 2.22. The van der Waals surface area contributed by atoms with E-state index in [0.29, 0.717) is 6.04 Å². The van der Waals surface area contributed by atoms with Crippen LogP contribution in [-0.4, -0.2) is 21.0 Å². The number of aryl methyl sites for hydroxylation is 1. The number of hydrogen-bond donors (Lipinski definition) is 0. The molecule has 2 aromatic rings. The van der Waals surface area contributed by atoms with E-state index in [-0.39, 0.29) is 0 Å². The Hall–Kier alpha value is -1.55. The van der Waals surface area contributed by atoms with Gasteiger partial charge in [0.05, 0.1) is 18.8 Å². The molecular formula is C15H21N3O. The SMILES string of the molecule is Cn1ccnc1CN1CCCCC[C@H]1c1ccco1. The van der Waals surface area contributed by atoms with Crippen LogP contribution in [0.4, 0.5) is 0 Å². The quantitative estimate of drug-likeness (QED) is 0.849. The minimum atomic E-state index is 0.397. The molecule has 4 nitrogen and oxygen atoms in total. The normalized spacial score (nSPS) is 21.4. The molecule has 0 spiro atoms. The third-order valence-electron chi connectivity index (χ3n) is 4.00. The summed E-state index contributed by atoms with van der Waals surface area (Å²) < 4.78 is 7.74. The van der Waals surface area contributed by atoms with Crippen molar-refractivity contribution < 1.29 is 4.42 Å². The Balaban J connectivity index is 1.81. The molecule has 0 amide bonds. The Bertz CT molecular complexity index is 503. The second-order valence-corrected chi connectivity index (χ2v) is 5.31. The fourth-order valence-electron chi connectivity index (χ4n) is 2.89. The topological polar surface area (TPSA) is 34.2 Å². The summed E-state index contributed by atoms with van der Waals surface area (Å²) in [7, 11) is 2.06. The summed E-state index contributed by atoms with van der Waals surface area (Å²) in [6.45, 7) is 2.02. The Morgan fingerprint density at radius 3 is 3.05 bits per heavy atom. The molecule has 0 radical (unpaired) electrons. The summed E-state index contributed by atoms with van der Waals surface area (Å²) in [5, 5.41) is 0. The van der Waals surface area contributed by atoms with Crippen LogP contribution < -0.4 is 0 Å². The van der Waals surface area contributed by atoms with Gasteiger partial charge in [0.25, 0.3) is 0 Å². The van der Waals surface area contributed by atoms with Crippen molar-refractivity contribution in [3.8, 4) is 0 Å². The molecule has 0 aromatic carbocycles. The van der Waals surface area contributed by atoms with Crippen molar-refractivity contribution in [2.75, 3.05) is 6.54 Å². The number of hydrogen-bond acceptors (Lipinski definition) is 3. The molecule has 0 saturated carbocycles. The smallest absolute Gasteiger partial charge is 0.122 e. The van der Waals surface area contributed by atoms with Gasteiger partial charge in [-0.2, -0.15) is 0 Å². The molecule has 19 heavy (non-hydrogen) atoms. The first kappa shape index (κ1) is 12.5. The predicted octanol–water partition coefficient (Wildman–Crippen LogP) is 3.13. The van der Waals surface area contributed by atoms with Gasteiger partial charge < -0.3 is 8.98 Å². The molecule has 0 unspecified atom stereocenters. The lowest BCUT2D eigenvalue weighted by molar-refractivity contribution is 0.164. The highest BCUT2D eigenvalue weighted by Gasteiger charge is 2.25. The third-order valence-corrected chi connectivity index (χ3v) is 4.00. The summed E-state index contributed by atoms with van der Waals surface area (Å²) in [6.07, 6.45) is 10.7. The van der Waals surface area contributed by atoms with Crippen LogP contribution in [0, 0.1) is 0 Å². The number of furan rings is 1. The first-order valence-corrected chi connectivity index (χ1v) is 7.08. The van der Waals surface area contributed by atoms with Crippen molar-refractivity contribution in [3.05, 3.63) is 42.4 Å². The molecule has 1 atom stereocenters. The molecule has 3 rings (SSSR count). The lowest BCUT2D eigenvalue weighted by atomic mass is 10.1. The first-order valence-electron chi connectivity index (χ1n) is 7.08. The van der Waals surface area contributed by atoms with E-state index in [1.165, 1.54) is 25.7 Å². The Morgan fingerprint density at radius 1 is 1.37 bits per heavy atom. The van der Waals surface area contributed by atoms with Gasteiger partial charge in [-0.3, -0.25) is 4.90 Å². The second-order valence-electron chi connectivity index (χ2n) is 5.31. The fraction of sp³-hybridized carbons (Fsp3) is 0.533. The van der Waals surface area contributed by atoms with Crippen LogP contribution in [0.25, 0.3) is 0 Å². The van der Waals surface area contributed by atoms with Gasteiger partial charge in [-0.25, -0.2) is 4.98 Å². The largest absolute Gasteiger partial charge is 0.468 e. The van der Waals surface area contributed by atoms with Gasteiger partial charge in [-0.15, -0.1) is 0 Å². The van der Waals surface area contributed by atoms with Gasteiger partial charge in [0.2, 0.25) is 0 Å². The van der Waals surface area contributed by atoms with E-state index in [1.54, 1.807) is 6.26 Å². The van der Waals surface area contributed by atoms with Crippen molar-refractivity contribution in [2.24, 2.45) is 7.05 Å². The molecule has 1 aliphatic heterocycles. The molecule has 0 N–H and O–H groups in total. The molecule has 102 valence electrons. The van der Waals surface area contributed by atoms with Crippen molar-refractivity contribution in [2.45, 2.75) is 38.3 Å². The lowest BCUT2D eigenvalue weighted by Gasteiger charge is -2.28. The van der Waals surface area contributed by atoms with Crippen molar-refractivity contribution in [3.63, 3.8) is 0 Å². The van der Waals surface area contributed by atoms with E-state index >= 15 is 0 Å². The molecule has 0 aliphatic carbocycles. The van der Waals surface area contributed by atoms with Crippen LogP contribution in [0.3, 0.4) is 0 Å². The Kier molecular flexibility index (Phi) is 3.69. The maximum atomic E-state index is 5.64. The molecular weight excluding hydrogens is 238 g/mol. The Labute approximate surface area is 114 Å². The third kappa shape index (κ3) is 2.73. The van der Waals surface area contributed by atoms with E-state index < -0.39 is 0 Å². The van der Waals surface area contributed by atoms with Gasteiger partial charge in [-0.1, -0.05) is 12.8 Å². The summed E-state index contributed by atoms with van der Waals surface area (Å²) in [6, 6.07) is 4.48. The monoisotopic (exact) mass is 259 g/mol. The standard InChI is InChI=1S/C15H21N3O/c1-17-10-8-16-15(17)12-18-9-4-2-3-6-13(18)14-7-5-11-19-14/h5,7-8,10-11,13H,2-4,6,9,12H2,1H3/t13-/m0/s1. The van der Waals surface area contributed by atoms with E-state index in [4.69, 9.17) is 4.42 Å². The van der Waals surface area contributed by atoms with Gasteiger partial charge in [-0.05, 0) is 31.5 Å². The average Bonchev–Trinajstić information content (AvgIpc) is 3.00. The van der Waals surface area contributed by atoms with Crippen LogP contribution >= 0.6 is 0 Å². The number of likely N-dealkylation sites (tertiary alicyclic amines) is 1. The number of nitrogens with zero attached hydrogens (tertiary/aromatic N) is 3. The highest BCUT2D eigenvalue weighted by atomic mass is 16.3. The zero-order chi connectivity index (χ0) is 13.1. The summed E-state index contributed by atoms with van der Waals surface area (Å²) >= 11 is 0. The fourth-order valence-corrected chi connectivity index (χ4v) is 2.89. The highest BCUT2D eigenvalue weighted by Crippen LogP contribution is 2.31. The van der Waals surface area contributed by atoms with Gasteiger partial charge >= 0.3 is 0 Å². The molecule has 1 fully saturated rings. The Morgan fingerprint density at radius 2 is 2.32 bits per heavy atom. The van der Waals surface area contributed by atoms with Crippen molar-refractivity contribution in [1.29, 1.82) is 0 Å². The van der Waals surface area contributed by atoms with E-state index in [9.17, 15) is 0 Å². The van der Waals surface area contributed by atoms with Gasteiger partial charge in [0, 0.05) is 19.4 Å². The summed E-state index contributed by atoms with van der Waals surface area (Å²) in [5.41, 5.74) is 0. The number of rotatable bonds is 3. The highest BCUT2D eigenvalue weighted by molar-refractivity contribution is 5.06.